The van der Waals surface area contributed by atoms with Gasteiger partial charge in [-0.2, -0.15) is 5.26 Å². The standard InChI is InChI=1S/C21H18BrN3OS/c1-14-5-2-3-8-19(14)24-12-25-20(26)10-17(15-6-4-7-16(22)9-15)18(11-23)21(25)27-13-24/h2-9,17H,10,12-13H2,1H3. The lowest BCUT2D eigenvalue weighted by atomic mass is 9.86. The van der Waals surface area contributed by atoms with Gasteiger partial charge in [0.25, 0.3) is 0 Å². The fraction of sp³-hybridized carbons (Fsp3) is 0.238. The third-order valence-electron chi connectivity index (χ3n) is 5.00. The first-order valence-corrected chi connectivity index (χ1v) is 10.5. The molecule has 6 heteroatoms. The number of rotatable bonds is 2. The number of hydrogen-bond donors (Lipinski definition) is 0. The number of nitrogens with zero attached hydrogens (tertiary/aromatic N) is 3. The largest absolute Gasteiger partial charge is 0.343 e. The van der Waals surface area contributed by atoms with Gasteiger partial charge in [0.1, 0.15) is 0 Å². The summed E-state index contributed by atoms with van der Waals surface area (Å²) in [5, 5.41) is 10.7. The molecule has 2 aromatic carbocycles. The van der Waals surface area contributed by atoms with Crippen LogP contribution < -0.4 is 4.90 Å². The number of benzene rings is 2. The van der Waals surface area contributed by atoms with E-state index in [1.807, 2.05) is 36.4 Å². The van der Waals surface area contributed by atoms with Crippen LogP contribution in [0.2, 0.25) is 0 Å². The molecule has 136 valence electrons. The molecule has 27 heavy (non-hydrogen) atoms. The van der Waals surface area contributed by atoms with E-state index in [9.17, 15) is 10.1 Å². The zero-order valence-corrected chi connectivity index (χ0v) is 17.3. The molecular weight excluding hydrogens is 422 g/mol. The molecule has 0 bridgehead atoms. The highest BCUT2D eigenvalue weighted by Crippen LogP contribution is 2.43. The number of para-hydroxylation sites is 1. The van der Waals surface area contributed by atoms with Crippen LogP contribution in [0.4, 0.5) is 5.69 Å². The molecule has 4 nitrogen and oxygen atoms in total. The Balaban J connectivity index is 1.69. The van der Waals surface area contributed by atoms with Gasteiger partial charge in [-0.3, -0.25) is 9.69 Å². The Morgan fingerprint density at radius 3 is 2.78 bits per heavy atom. The van der Waals surface area contributed by atoms with E-state index in [4.69, 9.17) is 0 Å². The second-order valence-corrected chi connectivity index (χ2v) is 8.55. The lowest BCUT2D eigenvalue weighted by Gasteiger charge is -2.42. The first kappa shape index (κ1) is 18.1. The Labute approximate surface area is 171 Å². The quantitative estimate of drug-likeness (QED) is 0.661. The van der Waals surface area contributed by atoms with Crippen molar-refractivity contribution in [2.24, 2.45) is 0 Å². The second kappa shape index (κ2) is 7.41. The van der Waals surface area contributed by atoms with Crippen LogP contribution in [-0.4, -0.2) is 23.4 Å². The molecule has 4 rings (SSSR count). The number of nitriles is 1. The van der Waals surface area contributed by atoms with Crippen LogP contribution in [-0.2, 0) is 4.79 Å². The Hall–Kier alpha value is -2.23. The summed E-state index contributed by atoms with van der Waals surface area (Å²) < 4.78 is 0.958. The van der Waals surface area contributed by atoms with E-state index < -0.39 is 0 Å². The third kappa shape index (κ3) is 3.38. The predicted octanol–water partition coefficient (Wildman–Crippen LogP) is 4.98. The minimum absolute atomic E-state index is 0.0692. The number of hydrogen-bond acceptors (Lipinski definition) is 4. The van der Waals surface area contributed by atoms with Gasteiger partial charge < -0.3 is 4.90 Å². The third-order valence-corrected chi connectivity index (χ3v) is 6.65. The van der Waals surface area contributed by atoms with Crippen molar-refractivity contribution in [3.8, 4) is 6.07 Å². The van der Waals surface area contributed by atoms with Gasteiger partial charge in [0, 0.05) is 22.5 Å². The number of fused-ring (bicyclic) bond motifs is 1. The summed E-state index contributed by atoms with van der Waals surface area (Å²) in [6.45, 7) is 2.57. The Kier molecular flexibility index (Phi) is 4.98. The van der Waals surface area contributed by atoms with Crippen LogP contribution in [0.5, 0.6) is 0 Å². The highest BCUT2D eigenvalue weighted by Gasteiger charge is 2.38. The van der Waals surface area contributed by atoms with Gasteiger partial charge in [-0.05, 0) is 36.2 Å². The number of thioether (sulfide) groups is 1. The topological polar surface area (TPSA) is 47.3 Å². The van der Waals surface area contributed by atoms with Gasteiger partial charge in [-0.25, -0.2) is 0 Å². The van der Waals surface area contributed by atoms with Crippen molar-refractivity contribution < 1.29 is 4.79 Å². The summed E-state index contributed by atoms with van der Waals surface area (Å²) in [6, 6.07) is 18.5. The average Bonchev–Trinajstić information content (AvgIpc) is 2.68. The lowest BCUT2D eigenvalue weighted by Crippen LogP contribution is -2.47. The van der Waals surface area contributed by atoms with Gasteiger partial charge >= 0.3 is 0 Å². The van der Waals surface area contributed by atoms with Crippen LogP contribution in [0.3, 0.4) is 0 Å². The maximum Gasteiger partial charge on any atom is 0.229 e. The number of carbonyl (C=O) groups is 1. The van der Waals surface area contributed by atoms with Crippen molar-refractivity contribution in [3.63, 3.8) is 0 Å². The molecule has 1 atom stereocenters. The zero-order chi connectivity index (χ0) is 19.0. The molecule has 0 spiro atoms. The minimum Gasteiger partial charge on any atom is -0.343 e. The van der Waals surface area contributed by atoms with Crippen molar-refractivity contribution in [3.05, 3.63) is 74.7 Å². The molecular formula is C21H18BrN3OS. The van der Waals surface area contributed by atoms with Crippen molar-refractivity contribution in [2.75, 3.05) is 17.4 Å². The molecule has 0 aliphatic carbocycles. The predicted molar refractivity (Wildman–Crippen MR) is 112 cm³/mol. The van der Waals surface area contributed by atoms with Gasteiger partial charge in [0.2, 0.25) is 5.91 Å². The molecule has 1 unspecified atom stereocenters. The van der Waals surface area contributed by atoms with Gasteiger partial charge in [-0.1, -0.05) is 58.0 Å². The summed E-state index contributed by atoms with van der Waals surface area (Å²) in [4.78, 5) is 16.9. The van der Waals surface area contributed by atoms with Crippen LogP contribution in [0.25, 0.3) is 0 Å². The zero-order valence-electron chi connectivity index (χ0n) is 14.9. The maximum atomic E-state index is 13.0. The normalized spacial score (nSPS) is 19.7. The van der Waals surface area contributed by atoms with Crippen LogP contribution >= 0.6 is 27.7 Å². The fourth-order valence-corrected chi connectivity index (χ4v) is 5.22. The molecule has 0 radical (unpaired) electrons. The van der Waals surface area contributed by atoms with Crippen molar-refractivity contribution in [1.29, 1.82) is 5.26 Å². The van der Waals surface area contributed by atoms with E-state index in [0.29, 0.717) is 18.7 Å². The van der Waals surface area contributed by atoms with Crippen molar-refractivity contribution >= 4 is 39.3 Å². The molecule has 0 aromatic heterocycles. The number of amides is 1. The summed E-state index contributed by atoms with van der Waals surface area (Å²) >= 11 is 5.06. The van der Waals surface area contributed by atoms with E-state index in [1.54, 1.807) is 16.7 Å². The van der Waals surface area contributed by atoms with Crippen molar-refractivity contribution in [1.82, 2.24) is 4.90 Å². The van der Waals surface area contributed by atoms with Gasteiger partial charge in [-0.15, -0.1) is 0 Å². The van der Waals surface area contributed by atoms with E-state index in [1.165, 1.54) is 5.56 Å². The SMILES string of the molecule is Cc1ccccc1N1CSC2=C(C#N)C(c3cccc(Br)c3)CC(=O)N2C1. The number of anilines is 1. The fourth-order valence-electron chi connectivity index (χ4n) is 3.64. The molecule has 1 fully saturated rings. The van der Waals surface area contributed by atoms with Crippen LogP contribution in [0.15, 0.2) is 63.6 Å². The number of aryl methyl sites for hydroxylation is 1. The molecule has 1 saturated heterocycles. The number of halogens is 1. The minimum atomic E-state index is -0.177. The molecule has 2 heterocycles. The molecule has 2 aliphatic heterocycles. The molecule has 0 N–H and O–H groups in total. The molecule has 0 saturated carbocycles. The smallest absolute Gasteiger partial charge is 0.229 e. The lowest BCUT2D eigenvalue weighted by molar-refractivity contribution is -0.129. The second-order valence-electron chi connectivity index (χ2n) is 6.71. The number of allylic oxidation sites excluding steroid dienone is 1. The Morgan fingerprint density at radius 2 is 2.04 bits per heavy atom. The van der Waals surface area contributed by atoms with Crippen molar-refractivity contribution in [2.45, 2.75) is 19.3 Å². The van der Waals surface area contributed by atoms with Crippen LogP contribution in [0, 0.1) is 18.3 Å². The maximum absolute atomic E-state index is 13.0. The van der Waals surface area contributed by atoms with E-state index >= 15 is 0 Å². The summed E-state index contributed by atoms with van der Waals surface area (Å²) in [6.07, 6.45) is 0.324. The Morgan fingerprint density at radius 1 is 1.22 bits per heavy atom. The highest BCUT2D eigenvalue weighted by atomic mass is 79.9. The summed E-state index contributed by atoms with van der Waals surface area (Å²) in [5.41, 5.74) is 4.01. The molecule has 1 amide bonds. The summed E-state index contributed by atoms with van der Waals surface area (Å²) in [7, 11) is 0. The first-order valence-electron chi connectivity index (χ1n) is 8.72. The highest BCUT2D eigenvalue weighted by molar-refractivity contribution is 9.10. The van der Waals surface area contributed by atoms with E-state index in [2.05, 4.69) is 46.0 Å². The summed E-state index contributed by atoms with van der Waals surface area (Å²) in [5.74, 6) is 0.615. The molecule has 2 aromatic rings. The molecule has 2 aliphatic rings. The van der Waals surface area contributed by atoms with Crippen LogP contribution in [0.1, 0.15) is 23.5 Å². The Bertz CT molecular complexity index is 981. The van der Waals surface area contributed by atoms with Gasteiger partial charge in [0.05, 0.1) is 29.2 Å². The first-order chi connectivity index (χ1) is 13.1. The number of carbonyl (C=O) groups excluding carboxylic acids is 1. The monoisotopic (exact) mass is 439 g/mol. The van der Waals surface area contributed by atoms with E-state index in [0.717, 1.165) is 26.6 Å². The average molecular weight is 440 g/mol. The van der Waals surface area contributed by atoms with Gasteiger partial charge in [0.15, 0.2) is 0 Å². The van der Waals surface area contributed by atoms with E-state index in [-0.39, 0.29) is 11.8 Å².